The minimum absolute atomic E-state index is 0.471. The summed E-state index contributed by atoms with van der Waals surface area (Å²) in [6, 6.07) is 2.68. The summed E-state index contributed by atoms with van der Waals surface area (Å²) in [5.41, 5.74) is 3.59. The second kappa shape index (κ2) is 3.07. The van der Waals surface area contributed by atoms with Crippen LogP contribution >= 0.6 is 0 Å². The summed E-state index contributed by atoms with van der Waals surface area (Å²) < 4.78 is 1.81. The van der Waals surface area contributed by atoms with Gasteiger partial charge in [0.15, 0.2) is 0 Å². The molecule has 0 aromatic carbocycles. The maximum absolute atomic E-state index is 4.47. The Labute approximate surface area is 94.5 Å². The van der Waals surface area contributed by atoms with Gasteiger partial charge in [0.1, 0.15) is 5.82 Å². The van der Waals surface area contributed by atoms with Crippen molar-refractivity contribution in [2.45, 2.75) is 13.0 Å². The fourth-order valence-electron chi connectivity index (χ4n) is 2.13. The fraction of sp³-hybridized carbons (Fsp3) is 0.333. The standard InChI is InChI=1S/C12H14N4/c1-8-11-4-9(5-13-12(11)16(8)3)10-6-14-15(2)7-10/h4-8H,1-3H3. The molecular formula is C12H14N4. The van der Waals surface area contributed by atoms with Gasteiger partial charge in [0, 0.05) is 43.2 Å². The van der Waals surface area contributed by atoms with E-state index in [1.54, 1.807) is 0 Å². The molecule has 4 heteroatoms. The van der Waals surface area contributed by atoms with Crippen molar-refractivity contribution in [3.8, 4) is 11.1 Å². The Kier molecular flexibility index (Phi) is 1.80. The lowest BCUT2D eigenvalue weighted by atomic mass is 9.97. The molecule has 0 saturated heterocycles. The molecule has 1 unspecified atom stereocenters. The van der Waals surface area contributed by atoms with E-state index in [1.807, 2.05) is 30.3 Å². The molecule has 4 nitrogen and oxygen atoms in total. The Morgan fingerprint density at radius 1 is 1.19 bits per heavy atom. The molecule has 0 N–H and O–H groups in total. The summed E-state index contributed by atoms with van der Waals surface area (Å²) in [6.45, 7) is 2.19. The summed E-state index contributed by atoms with van der Waals surface area (Å²) in [5, 5.41) is 4.18. The molecule has 2 aromatic heterocycles. The normalized spacial score (nSPS) is 18.2. The van der Waals surface area contributed by atoms with Gasteiger partial charge < -0.3 is 4.90 Å². The maximum Gasteiger partial charge on any atom is 0.134 e. The molecule has 16 heavy (non-hydrogen) atoms. The van der Waals surface area contributed by atoms with Gasteiger partial charge >= 0.3 is 0 Å². The Hall–Kier alpha value is -1.84. The maximum atomic E-state index is 4.47. The first-order chi connectivity index (χ1) is 7.66. The molecule has 1 aliphatic heterocycles. The third-order valence-corrected chi connectivity index (χ3v) is 3.30. The van der Waals surface area contributed by atoms with Gasteiger partial charge in [0.25, 0.3) is 0 Å². The van der Waals surface area contributed by atoms with Crippen molar-refractivity contribution in [3.63, 3.8) is 0 Å². The molecule has 0 radical (unpaired) electrons. The third kappa shape index (κ3) is 1.16. The molecule has 0 aliphatic carbocycles. The van der Waals surface area contributed by atoms with E-state index >= 15 is 0 Å². The number of anilines is 1. The lowest BCUT2D eigenvalue weighted by Crippen LogP contribution is -2.33. The Morgan fingerprint density at radius 2 is 2.00 bits per heavy atom. The highest BCUT2D eigenvalue weighted by Gasteiger charge is 2.29. The van der Waals surface area contributed by atoms with Crippen LogP contribution in [0.4, 0.5) is 5.82 Å². The molecule has 0 saturated carbocycles. The zero-order valence-electron chi connectivity index (χ0n) is 9.68. The van der Waals surface area contributed by atoms with E-state index in [2.05, 4.69) is 35.0 Å². The molecule has 0 fully saturated rings. The topological polar surface area (TPSA) is 34.0 Å². The van der Waals surface area contributed by atoms with Crippen LogP contribution in [0.2, 0.25) is 0 Å². The van der Waals surface area contributed by atoms with Gasteiger partial charge in [-0.3, -0.25) is 4.68 Å². The summed E-state index contributed by atoms with van der Waals surface area (Å²) >= 11 is 0. The van der Waals surface area contributed by atoms with Gasteiger partial charge in [-0.15, -0.1) is 0 Å². The summed E-state index contributed by atoms with van der Waals surface area (Å²) in [5.74, 6) is 1.10. The van der Waals surface area contributed by atoms with Crippen LogP contribution < -0.4 is 4.90 Å². The van der Waals surface area contributed by atoms with Crippen LogP contribution in [-0.4, -0.2) is 21.8 Å². The molecule has 2 aromatic rings. The van der Waals surface area contributed by atoms with Crippen molar-refractivity contribution in [1.29, 1.82) is 0 Å². The minimum atomic E-state index is 0.471. The van der Waals surface area contributed by atoms with Gasteiger partial charge in [-0.1, -0.05) is 0 Å². The number of nitrogens with zero attached hydrogens (tertiary/aromatic N) is 4. The van der Waals surface area contributed by atoms with Crippen molar-refractivity contribution in [1.82, 2.24) is 14.8 Å². The van der Waals surface area contributed by atoms with E-state index in [4.69, 9.17) is 0 Å². The van der Waals surface area contributed by atoms with Crippen molar-refractivity contribution >= 4 is 5.82 Å². The highest BCUT2D eigenvalue weighted by molar-refractivity contribution is 5.69. The van der Waals surface area contributed by atoms with Gasteiger partial charge in [0.2, 0.25) is 0 Å². The smallest absolute Gasteiger partial charge is 0.134 e. The monoisotopic (exact) mass is 214 g/mol. The number of rotatable bonds is 1. The molecule has 3 heterocycles. The Morgan fingerprint density at radius 3 is 2.69 bits per heavy atom. The SMILES string of the molecule is CC1c2cc(-c3cnn(C)c3)cnc2N1C. The Bertz CT molecular complexity index is 544. The molecular weight excluding hydrogens is 200 g/mol. The quantitative estimate of drug-likeness (QED) is 0.728. The average Bonchev–Trinajstić information content (AvgIpc) is 2.74. The zero-order chi connectivity index (χ0) is 11.3. The minimum Gasteiger partial charge on any atom is -0.352 e. The van der Waals surface area contributed by atoms with Gasteiger partial charge in [-0.05, 0) is 13.0 Å². The number of pyridine rings is 1. The fourth-order valence-corrected chi connectivity index (χ4v) is 2.13. The van der Waals surface area contributed by atoms with Crippen LogP contribution in [-0.2, 0) is 7.05 Å². The lowest BCUT2D eigenvalue weighted by Gasteiger charge is -2.38. The van der Waals surface area contributed by atoms with Crippen LogP contribution in [0.15, 0.2) is 24.7 Å². The van der Waals surface area contributed by atoms with Crippen LogP contribution in [0.5, 0.6) is 0 Å². The molecule has 0 bridgehead atoms. The summed E-state index contributed by atoms with van der Waals surface area (Å²) in [7, 11) is 4.00. The van der Waals surface area contributed by atoms with Crippen LogP contribution in [0.25, 0.3) is 11.1 Å². The van der Waals surface area contributed by atoms with E-state index in [9.17, 15) is 0 Å². The second-order valence-corrected chi connectivity index (χ2v) is 4.33. The van der Waals surface area contributed by atoms with E-state index < -0.39 is 0 Å². The van der Waals surface area contributed by atoms with Gasteiger partial charge in [0.05, 0.1) is 12.2 Å². The first-order valence-corrected chi connectivity index (χ1v) is 5.38. The van der Waals surface area contributed by atoms with E-state index in [-0.39, 0.29) is 0 Å². The molecule has 1 aliphatic rings. The van der Waals surface area contributed by atoms with Crippen LogP contribution in [0.3, 0.4) is 0 Å². The molecule has 3 rings (SSSR count). The number of aryl methyl sites for hydroxylation is 1. The molecule has 0 amide bonds. The zero-order valence-corrected chi connectivity index (χ0v) is 9.68. The third-order valence-electron chi connectivity index (χ3n) is 3.30. The van der Waals surface area contributed by atoms with Gasteiger partial charge in [-0.25, -0.2) is 4.98 Å². The number of hydrogen-bond donors (Lipinski definition) is 0. The molecule has 1 atom stereocenters. The van der Waals surface area contributed by atoms with E-state index in [1.165, 1.54) is 5.56 Å². The molecule has 82 valence electrons. The summed E-state index contributed by atoms with van der Waals surface area (Å²) in [4.78, 5) is 6.65. The molecule has 0 spiro atoms. The van der Waals surface area contributed by atoms with Crippen molar-refractivity contribution in [2.24, 2.45) is 7.05 Å². The van der Waals surface area contributed by atoms with Crippen molar-refractivity contribution in [2.75, 3.05) is 11.9 Å². The second-order valence-electron chi connectivity index (χ2n) is 4.33. The first-order valence-electron chi connectivity index (χ1n) is 5.38. The largest absolute Gasteiger partial charge is 0.352 e. The summed E-state index contributed by atoms with van der Waals surface area (Å²) in [6.07, 6.45) is 5.80. The predicted molar refractivity (Wildman–Crippen MR) is 63.3 cm³/mol. The first kappa shape index (κ1) is 9.39. The highest BCUT2D eigenvalue weighted by Crippen LogP contribution is 2.41. The number of aromatic nitrogens is 3. The number of hydrogen-bond acceptors (Lipinski definition) is 3. The van der Waals surface area contributed by atoms with Crippen molar-refractivity contribution < 1.29 is 0 Å². The predicted octanol–water partition coefficient (Wildman–Crippen LogP) is 1.99. The lowest BCUT2D eigenvalue weighted by molar-refractivity contribution is 0.654. The number of fused-ring (bicyclic) bond motifs is 1. The van der Waals surface area contributed by atoms with Crippen LogP contribution in [0.1, 0.15) is 18.5 Å². The Balaban J connectivity index is 2.05. The highest BCUT2D eigenvalue weighted by atomic mass is 15.2. The average molecular weight is 214 g/mol. The van der Waals surface area contributed by atoms with E-state index in [0.29, 0.717) is 6.04 Å². The van der Waals surface area contributed by atoms with Gasteiger partial charge in [-0.2, -0.15) is 5.10 Å². The van der Waals surface area contributed by atoms with E-state index in [0.717, 1.165) is 16.9 Å². The van der Waals surface area contributed by atoms with Crippen LogP contribution in [0, 0.1) is 0 Å². The van der Waals surface area contributed by atoms with Crippen molar-refractivity contribution in [3.05, 3.63) is 30.2 Å².